The molecule has 0 spiro atoms. The summed E-state index contributed by atoms with van der Waals surface area (Å²) in [6.45, 7) is 0. The molecule has 0 radical (unpaired) electrons. The van der Waals surface area contributed by atoms with Crippen molar-refractivity contribution in [3.63, 3.8) is 0 Å². The number of nitrogens with zero attached hydrogens (tertiary/aromatic N) is 1. The summed E-state index contributed by atoms with van der Waals surface area (Å²) in [6.07, 6.45) is 1.63. The largest absolute Gasteiger partial charge is 0.461 e. The van der Waals surface area contributed by atoms with E-state index in [0.717, 1.165) is 11.8 Å². The summed E-state index contributed by atoms with van der Waals surface area (Å²) in [5.41, 5.74) is 0. The van der Waals surface area contributed by atoms with E-state index in [1.165, 1.54) is 7.11 Å². The van der Waals surface area contributed by atoms with Crippen LogP contribution in [0.1, 0.15) is 0 Å². The fraction of sp³-hybridized carbons (Fsp3) is 0.143. The first kappa shape index (κ1) is 8.07. The molecule has 0 fully saturated rings. The zero-order valence-electron chi connectivity index (χ0n) is 5.98. The lowest BCUT2D eigenvalue weighted by molar-refractivity contribution is 0.200. The molecule has 1 aromatic heterocycles. The highest BCUT2D eigenvalue weighted by Gasteiger charge is 2.02. The van der Waals surface area contributed by atoms with Gasteiger partial charge in [0.15, 0.2) is 0 Å². The fourth-order valence-corrected chi connectivity index (χ4v) is 1.05. The summed E-state index contributed by atoms with van der Waals surface area (Å²) in [5, 5.41) is 0.308. The summed E-state index contributed by atoms with van der Waals surface area (Å²) < 4.78 is 4.44. The molecule has 58 valence electrons. The topological polar surface area (TPSA) is 39.2 Å². The first-order chi connectivity index (χ1) is 5.33. The highest BCUT2D eigenvalue weighted by molar-refractivity contribution is 8.13. The maximum Gasteiger partial charge on any atom is 0.373 e. The molecule has 0 bridgehead atoms. The van der Waals surface area contributed by atoms with Crippen molar-refractivity contribution in [3.05, 3.63) is 24.4 Å². The van der Waals surface area contributed by atoms with Gasteiger partial charge in [-0.1, -0.05) is 6.07 Å². The van der Waals surface area contributed by atoms with Crippen molar-refractivity contribution in [2.24, 2.45) is 0 Å². The van der Waals surface area contributed by atoms with Gasteiger partial charge in [-0.25, -0.2) is 9.78 Å². The van der Waals surface area contributed by atoms with Gasteiger partial charge >= 0.3 is 5.30 Å². The Bertz CT molecular complexity index is 237. The second-order valence-electron chi connectivity index (χ2n) is 1.72. The van der Waals surface area contributed by atoms with Crippen LogP contribution < -0.4 is 0 Å². The van der Waals surface area contributed by atoms with Crippen LogP contribution in [0.2, 0.25) is 0 Å². The molecule has 0 aliphatic carbocycles. The quantitative estimate of drug-likeness (QED) is 0.475. The van der Waals surface area contributed by atoms with Gasteiger partial charge in [-0.2, -0.15) is 0 Å². The first-order valence-electron chi connectivity index (χ1n) is 3.00. The maximum atomic E-state index is 10.7. The van der Waals surface area contributed by atoms with Crippen LogP contribution in [0.3, 0.4) is 0 Å². The van der Waals surface area contributed by atoms with Gasteiger partial charge in [0.05, 0.1) is 7.11 Å². The minimum absolute atomic E-state index is 0.344. The molecule has 1 heterocycles. The van der Waals surface area contributed by atoms with E-state index in [-0.39, 0.29) is 5.30 Å². The summed E-state index contributed by atoms with van der Waals surface area (Å²) >= 11 is 0.971. The number of rotatable bonds is 1. The van der Waals surface area contributed by atoms with Gasteiger partial charge in [-0.3, -0.25) is 0 Å². The van der Waals surface area contributed by atoms with Gasteiger partial charge in [-0.15, -0.1) is 0 Å². The van der Waals surface area contributed by atoms with Crippen molar-refractivity contribution in [1.29, 1.82) is 0 Å². The Balaban J connectivity index is 2.58. The summed E-state index contributed by atoms with van der Waals surface area (Å²) in [6, 6.07) is 5.36. The third kappa shape index (κ3) is 2.59. The van der Waals surface area contributed by atoms with E-state index in [4.69, 9.17) is 0 Å². The van der Waals surface area contributed by atoms with Gasteiger partial charge in [0.25, 0.3) is 0 Å². The van der Waals surface area contributed by atoms with Crippen LogP contribution in [-0.2, 0) is 4.74 Å². The molecule has 0 saturated carbocycles. The number of hydrogen-bond acceptors (Lipinski definition) is 4. The summed E-state index contributed by atoms with van der Waals surface area (Å²) in [7, 11) is 1.35. The van der Waals surface area contributed by atoms with Crippen molar-refractivity contribution in [2.75, 3.05) is 7.11 Å². The highest BCUT2D eigenvalue weighted by Crippen LogP contribution is 2.15. The van der Waals surface area contributed by atoms with Gasteiger partial charge in [0.2, 0.25) is 0 Å². The molecule has 4 heteroatoms. The molecule has 0 saturated heterocycles. The van der Waals surface area contributed by atoms with Crippen LogP contribution in [0.25, 0.3) is 0 Å². The Hall–Kier alpha value is -1.03. The van der Waals surface area contributed by atoms with E-state index in [0.29, 0.717) is 5.03 Å². The van der Waals surface area contributed by atoms with Gasteiger partial charge in [0, 0.05) is 18.0 Å². The Morgan fingerprint density at radius 1 is 1.64 bits per heavy atom. The normalized spacial score (nSPS) is 9.18. The predicted molar refractivity (Wildman–Crippen MR) is 42.5 cm³/mol. The SMILES string of the molecule is COC(=O)Sc1ccccn1. The van der Waals surface area contributed by atoms with Crippen LogP contribution in [0, 0.1) is 0 Å². The number of carbonyl (C=O) groups is 1. The molecule has 0 aliphatic heterocycles. The Morgan fingerprint density at radius 2 is 2.45 bits per heavy atom. The molecule has 0 atom stereocenters. The van der Waals surface area contributed by atoms with Crippen LogP contribution in [0.5, 0.6) is 0 Å². The lowest BCUT2D eigenvalue weighted by Crippen LogP contribution is -1.90. The number of aromatic nitrogens is 1. The number of hydrogen-bond donors (Lipinski definition) is 0. The molecule has 0 unspecified atom stereocenters. The third-order valence-corrected chi connectivity index (χ3v) is 1.78. The Labute approximate surface area is 68.8 Å². The maximum absolute atomic E-state index is 10.7. The molecule has 0 N–H and O–H groups in total. The predicted octanol–water partition coefficient (Wildman–Crippen LogP) is 1.94. The van der Waals surface area contributed by atoms with E-state index < -0.39 is 0 Å². The van der Waals surface area contributed by atoms with Crippen molar-refractivity contribution in [2.45, 2.75) is 5.03 Å². The number of carbonyl (C=O) groups excluding carboxylic acids is 1. The minimum atomic E-state index is -0.344. The van der Waals surface area contributed by atoms with E-state index >= 15 is 0 Å². The molecular formula is C7H7NO2S. The smallest absolute Gasteiger partial charge is 0.373 e. The molecule has 1 aromatic rings. The first-order valence-corrected chi connectivity index (χ1v) is 3.81. The zero-order valence-corrected chi connectivity index (χ0v) is 6.80. The Morgan fingerprint density at radius 3 is 3.00 bits per heavy atom. The Kier molecular flexibility index (Phi) is 2.92. The zero-order chi connectivity index (χ0) is 8.10. The average Bonchev–Trinajstić information content (AvgIpc) is 2.06. The molecule has 0 aliphatic rings. The fourth-order valence-electron chi connectivity index (χ4n) is 0.535. The summed E-state index contributed by atoms with van der Waals surface area (Å²) in [5.74, 6) is 0. The third-order valence-electron chi connectivity index (χ3n) is 0.992. The monoisotopic (exact) mass is 169 g/mol. The standard InChI is InChI=1S/C7H7NO2S/c1-10-7(9)11-6-4-2-3-5-8-6/h2-5H,1H3. The average molecular weight is 169 g/mol. The van der Waals surface area contributed by atoms with Crippen LogP contribution in [0.4, 0.5) is 4.79 Å². The van der Waals surface area contributed by atoms with Gasteiger partial charge in [-0.05, 0) is 12.1 Å². The van der Waals surface area contributed by atoms with Gasteiger partial charge < -0.3 is 4.74 Å². The van der Waals surface area contributed by atoms with Crippen molar-refractivity contribution >= 4 is 17.1 Å². The van der Waals surface area contributed by atoms with Gasteiger partial charge in [0.1, 0.15) is 5.03 Å². The van der Waals surface area contributed by atoms with E-state index in [1.807, 2.05) is 6.07 Å². The highest BCUT2D eigenvalue weighted by atomic mass is 32.2. The second kappa shape index (κ2) is 3.98. The van der Waals surface area contributed by atoms with Crippen molar-refractivity contribution < 1.29 is 9.53 Å². The molecule has 0 aromatic carbocycles. The number of thioether (sulfide) groups is 1. The van der Waals surface area contributed by atoms with E-state index in [9.17, 15) is 4.79 Å². The number of ether oxygens (including phenoxy) is 1. The van der Waals surface area contributed by atoms with E-state index in [1.54, 1.807) is 18.3 Å². The van der Waals surface area contributed by atoms with E-state index in [2.05, 4.69) is 9.72 Å². The molecular weight excluding hydrogens is 162 g/mol. The van der Waals surface area contributed by atoms with Crippen LogP contribution in [-0.4, -0.2) is 17.4 Å². The van der Waals surface area contributed by atoms with Crippen LogP contribution >= 0.6 is 11.8 Å². The molecule has 0 amide bonds. The molecule has 3 nitrogen and oxygen atoms in total. The molecule has 1 rings (SSSR count). The minimum Gasteiger partial charge on any atom is -0.461 e. The van der Waals surface area contributed by atoms with Crippen molar-refractivity contribution in [3.8, 4) is 0 Å². The second-order valence-corrected chi connectivity index (χ2v) is 2.68. The van der Waals surface area contributed by atoms with Crippen molar-refractivity contribution in [1.82, 2.24) is 4.98 Å². The van der Waals surface area contributed by atoms with Crippen LogP contribution in [0.15, 0.2) is 29.4 Å². The lowest BCUT2D eigenvalue weighted by atomic mass is 10.5. The molecule has 11 heavy (non-hydrogen) atoms. The summed E-state index contributed by atoms with van der Waals surface area (Å²) in [4.78, 5) is 14.6. The number of pyridine rings is 1. The lowest BCUT2D eigenvalue weighted by Gasteiger charge is -1.95. The number of methoxy groups -OCH3 is 1.